The fourth-order valence-electron chi connectivity index (χ4n) is 11.6. The Morgan fingerprint density at radius 2 is 0.618 bits per heavy atom. The highest BCUT2D eigenvalue weighted by Crippen LogP contribution is 2.49. The van der Waals surface area contributed by atoms with E-state index in [1.807, 2.05) is 0 Å². The van der Waals surface area contributed by atoms with E-state index >= 15 is 0 Å². The summed E-state index contributed by atoms with van der Waals surface area (Å²) in [6.45, 7) is 14.5. The number of fused-ring (bicyclic) bond motifs is 6. The van der Waals surface area contributed by atoms with Gasteiger partial charge in [0.1, 0.15) is 0 Å². The highest BCUT2D eigenvalue weighted by atomic mass is 28.3. The van der Waals surface area contributed by atoms with E-state index in [1.165, 1.54) is 97.3 Å². The summed E-state index contributed by atoms with van der Waals surface area (Å²) in [7, 11) is -3.08. The first kappa shape index (κ1) is 47.2. The molecule has 0 unspecified atom stereocenters. The molecule has 0 aliphatic rings. The van der Waals surface area contributed by atoms with E-state index in [0.29, 0.717) is 0 Å². The summed E-state index contributed by atoms with van der Waals surface area (Å²) in [6.07, 6.45) is 0. The second-order valence-corrected chi connectivity index (χ2v) is 32.8. The monoisotopic (exact) mass is 1010 g/mol. The lowest BCUT2D eigenvalue weighted by Gasteiger charge is -2.31. The highest BCUT2D eigenvalue weighted by molar-refractivity contribution is 6.89. The van der Waals surface area contributed by atoms with Crippen molar-refractivity contribution in [3.05, 3.63) is 255 Å². The Hall–Kier alpha value is -8.55. The number of benzene rings is 13. The van der Waals surface area contributed by atoms with Gasteiger partial charge in [-0.05, 0) is 196 Å². The molecule has 0 saturated heterocycles. The first-order valence-electron chi connectivity index (χ1n) is 26.7. The number of anilines is 6. The van der Waals surface area contributed by atoms with Crippen molar-refractivity contribution in [2.45, 2.75) is 39.3 Å². The smallest absolute Gasteiger partial charge is 0.0775 e. The number of para-hydroxylation sites is 2. The van der Waals surface area contributed by atoms with E-state index in [9.17, 15) is 0 Å². The van der Waals surface area contributed by atoms with E-state index in [0.717, 1.165) is 34.1 Å². The predicted molar refractivity (Wildman–Crippen MR) is 338 cm³/mol. The Labute approximate surface area is 448 Å². The zero-order valence-corrected chi connectivity index (χ0v) is 46.1. The van der Waals surface area contributed by atoms with Gasteiger partial charge in [0.05, 0.1) is 8.07 Å². The molecule has 367 valence electrons. The van der Waals surface area contributed by atoms with Gasteiger partial charge < -0.3 is 9.80 Å². The third-order valence-electron chi connectivity index (χ3n) is 15.6. The van der Waals surface area contributed by atoms with Crippen LogP contribution in [0.4, 0.5) is 34.1 Å². The Morgan fingerprint density at radius 1 is 0.276 bits per heavy atom. The topological polar surface area (TPSA) is 6.48 Å². The fraction of sp³-hybridized carbons (Fsp3) is 0.0833. The van der Waals surface area contributed by atoms with Crippen molar-refractivity contribution in [1.82, 2.24) is 0 Å². The summed E-state index contributed by atoms with van der Waals surface area (Å²) in [4.78, 5) is 4.87. The van der Waals surface area contributed by atoms with Crippen molar-refractivity contribution in [2.24, 2.45) is 0 Å². The summed E-state index contributed by atoms with van der Waals surface area (Å²) in [5.41, 5.74) is 11.5. The molecule has 0 aliphatic heterocycles. The van der Waals surface area contributed by atoms with Gasteiger partial charge in [-0.25, -0.2) is 0 Å². The molecule has 0 aromatic heterocycles. The minimum atomic E-state index is -1.54. The van der Waals surface area contributed by atoms with Crippen LogP contribution in [0.5, 0.6) is 0 Å². The first-order valence-corrected chi connectivity index (χ1v) is 33.7. The Kier molecular flexibility index (Phi) is 11.6. The molecule has 0 fully saturated rings. The van der Waals surface area contributed by atoms with Gasteiger partial charge in [-0.15, -0.1) is 8.07 Å². The quantitative estimate of drug-likeness (QED) is 0.0995. The van der Waals surface area contributed by atoms with E-state index < -0.39 is 16.1 Å². The molecule has 0 radical (unpaired) electrons. The van der Waals surface area contributed by atoms with Gasteiger partial charge in [0, 0.05) is 34.1 Å². The summed E-state index contributed by atoms with van der Waals surface area (Å²) >= 11 is 0. The van der Waals surface area contributed by atoms with E-state index in [2.05, 4.69) is 304 Å². The SMILES string of the molecule is C[Si](C)(C)c1ccc(N(c2ccccc2)c2ccc3c(-c4ccc5cc6ccccc6cc5c4)c4cc(N(c5ccccc5)c5ccc([Si-](C)(C)C)cc5)ccc4c(-c4ccc5cc6ccccc6cc5c4)c3c2)cc1. The van der Waals surface area contributed by atoms with Gasteiger partial charge in [-0.3, -0.25) is 0 Å². The predicted octanol–water partition coefficient (Wildman–Crippen LogP) is 20.0. The van der Waals surface area contributed by atoms with Crippen LogP contribution in [0, 0.1) is 0 Å². The van der Waals surface area contributed by atoms with Crippen molar-refractivity contribution in [3.63, 3.8) is 0 Å². The van der Waals surface area contributed by atoms with Crippen LogP contribution in [0.3, 0.4) is 0 Å². The molecule has 76 heavy (non-hydrogen) atoms. The van der Waals surface area contributed by atoms with Crippen molar-refractivity contribution in [1.29, 1.82) is 0 Å². The highest BCUT2D eigenvalue weighted by Gasteiger charge is 2.24. The van der Waals surface area contributed by atoms with Crippen LogP contribution in [0.25, 0.3) is 86.9 Å². The van der Waals surface area contributed by atoms with E-state index in [-0.39, 0.29) is 0 Å². The number of hydrogen-bond donors (Lipinski definition) is 0. The second-order valence-electron chi connectivity index (χ2n) is 22.7. The van der Waals surface area contributed by atoms with Crippen LogP contribution >= 0.6 is 0 Å². The normalized spacial score (nSPS) is 12.1. The molecule has 0 spiro atoms. The third-order valence-corrected chi connectivity index (χ3v) is 19.7. The van der Waals surface area contributed by atoms with Gasteiger partial charge in [0.15, 0.2) is 0 Å². The third kappa shape index (κ3) is 8.63. The van der Waals surface area contributed by atoms with Gasteiger partial charge >= 0.3 is 0 Å². The lowest BCUT2D eigenvalue weighted by atomic mass is 9.84. The van der Waals surface area contributed by atoms with E-state index in [4.69, 9.17) is 0 Å². The minimum Gasteiger partial charge on any atom is -0.310 e. The molecule has 2 nitrogen and oxygen atoms in total. The van der Waals surface area contributed by atoms with Crippen molar-refractivity contribution in [3.8, 4) is 22.3 Å². The minimum absolute atomic E-state index is 1.11. The van der Waals surface area contributed by atoms with Crippen LogP contribution < -0.4 is 20.2 Å². The van der Waals surface area contributed by atoms with Gasteiger partial charge in [0.25, 0.3) is 0 Å². The molecule has 13 rings (SSSR count). The summed E-state index contributed by atoms with van der Waals surface area (Å²) in [5, 5.41) is 17.6. The molecule has 4 heteroatoms. The van der Waals surface area contributed by atoms with Crippen LogP contribution in [-0.2, 0) is 0 Å². The molecule has 0 amide bonds. The number of hydrogen-bond acceptors (Lipinski definition) is 2. The average Bonchev–Trinajstić information content (AvgIpc) is 3.57. The average molecular weight is 1010 g/mol. The number of rotatable bonds is 10. The molecule has 13 aromatic carbocycles. The van der Waals surface area contributed by atoms with Crippen LogP contribution in [0.2, 0.25) is 39.3 Å². The molecule has 0 aliphatic carbocycles. The first-order chi connectivity index (χ1) is 36.9. The summed E-state index contributed by atoms with van der Waals surface area (Å²) in [5.74, 6) is 0. The Bertz CT molecular complexity index is 4060. The molecule has 0 heterocycles. The zero-order valence-electron chi connectivity index (χ0n) is 44.1. The molecular formula is C72H60N2Si2-. The molecule has 0 bridgehead atoms. The summed E-state index contributed by atoms with van der Waals surface area (Å²) in [6, 6.07) is 95.9. The van der Waals surface area contributed by atoms with Crippen LogP contribution in [0.1, 0.15) is 0 Å². The van der Waals surface area contributed by atoms with E-state index in [1.54, 1.807) is 0 Å². The van der Waals surface area contributed by atoms with Crippen molar-refractivity contribution < 1.29 is 0 Å². The Morgan fingerprint density at radius 3 is 1.01 bits per heavy atom. The molecule has 13 aromatic rings. The maximum Gasteiger partial charge on any atom is 0.0775 e. The summed E-state index contributed by atoms with van der Waals surface area (Å²) < 4.78 is 0. The fourth-order valence-corrected chi connectivity index (χ4v) is 13.9. The molecule has 0 atom stereocenters. The lowest BCUT2D eigenvalue weighted by Crippen LogP contribution is -2.37. The van der Waals surface area contributed by atoms with Gasteiger partial charge in [-0.1, -0.05) is 170 Å². The maximum atomic E-state index is 2.47. The van der Waals surface area contributed by atoms with Crippen LogP contribution in [-0.4, -0.2) is 16.1 Å². The van der Waals surface area contributed by atoms with Crippen molar-refractivity contribution in [2.75, 3.05) is 9.80 Å². The second kappa shape index (κ2) is 18.7. The lowest BCUT2D eigenvalue weighted by molar-refractivity contribution is 1.29. The molecule has 0 saturated carbocycles. The van der Waals surface area contributed by atoms with Gasteiger partial charge in [-0.2, -0.15) is 24.8 Å². The van der Waals surface area contributed by atoms with Crippen molar-refractivity contribution >= 4 is 125 Å². The standard InChI is InChI=1S/C72H60N2Si2/c1-75(2,3)65-35-29-61(30-36-65)73(59-21-9-7-10-22-59)63-33-39-67-69(47-63)71(55-27-25-53-41-49-17-13-15-19-51(49)43-57(53)45-55)68-40-34-64(74(60-23-11-8-12-24-60)62-31-37-66(38-32-62)76(4,5)6)48-70(68)72(67)56-28-26-54-42-50-18-14-16-20-52(50)44-58(54)46-56/h7-48H,1-6H3/q-1. The zero-order chi connectivity index (χ0) is 51.7. The maximum absolute atomic E-state index is 2.47. The molecule has 0 N–H and O–H groups in total. The van der Waals surface area contributed by atoms with Gasteiger partial charge in [0.2, 0.25) is 0 Å². The molecular weight excluding hydrogens is 949 g/mol. The Balaban J connectivity index is 1.13. The number of nitrogens with zero attached hydrogens (tertiary/aromatic N) is 2. The van der Waals surface area contributed by atoms with Crippen LogP contribution in [0.15, 0.2) is 255 Å². The largest absolute Gasteiger partial charge is 0.310 e.